The van der Waals surface area contributed by atoms with Gasteiger partial charge >= 0.3 is 0 Å². The molecule has 0 atom stereocenters. The van der Waals surface area contributed by atoms with Crippen molar-refractivity contribution in [2.24, 2.45) is 0 Å². The highest BCUT2D eigenvalue weighted by Gasteiger charge is 2.22. The van der Waals surface area contributed by atoms with Gasteiger partial charge in [-0.1, -0.05) is 37.0 Å². The smallest absolute Gasteiger partial charge is 0.251 e. The van der Waals surface area contributed by atoms with Crippen LogP contribution in [0.1, 0.15) is 74.6 Å². The predicted octanol–water partition coefficient (Wildman–Crippen LogP) is 3.92. The van der Waals surface area contributed by atoms with Crippen LogP contribution in [-0.2, 0) is 10.0 Å². The Balaban J connectivity index is 1.58. The fourth-order valence-electron chi connectivity index (χ4n) is 3.88. The van der Waals surface area contributed by atoms with Gasteiger partial charge in [-0.25, -0.2) is 13.1 Å². The Hall–Kier alpha value is -1.66. The van der Waals surface area contributed by atoms with Gasteiger partial charge in [-0.05, 0) is 63.1 Å². The molecule has 0 saturated heterocycles. The molecule has 1 amide bonds. The maximum Gasteiger partial charge on any atom is 0.251 e. The summed E-state index contributed by atoms with van der Waals surface area (Å²) in [6.45, 7) is 0.585. The van der Waals surface area contributed by atoms with Crippen LogP contribution in [0.5, 0.6) is 0 Å². The lowest BCUT2D eigenvalue weighted by atomic mass is 9.96. The van der Waals surface area contributed by atoms with Gasteiger partial charge in [-0.3, -0.25) is 4.79 Å². The van der Waals surface area contributed by atoms with Gasteiger partial charge in [0, 0.05) is 18.2 Å². The fourth-order valence-corrected chi connectivity index (χ4v) is 5.23. The Kier molecular flexibility index (Phi) is 7.07. The largest absolute Gasteiger partial charge is 0.352 e. The van der Waals surface area contributed by atoms with Crippen LogP contribution in [0.2, 0.25) is 0 Å². The topological polar surface area (TPSA) is 75.3 Å². The average Bonchev–Trinajstić information content (AvgIpc) is 2.69. The van der Waals surface area contributed by atoms with Crippen LogP contribution >= 0.6 is 0 Å². The normalized spacial score (nSPS) is 18.7. The minimum absolute atomic E-state index is 0.00463. The molecule has 5 nitrogen and oxygen atoms in total. The second kappa shape index (κ2) is 9.51. The van der Waals surface area contributed by atoms with Crippen LogP contribution in [0.25, 0.3) is 0 Å². The van der Waals surface area contributed by atoms with E-state index in [1.807, 2.05) is 0 Å². The Morgan fingerprint density at radius 1 is 1.07 bits per heavy atom. The molecule has 148 valence electrons. The molecule has 1 saturated carbocycles. The number of rotatable bonds is 7. The third kappa shape index (κ3) is 5.91. The monoisotopic (exact) mass is 390 g/mol. The van der Waals surface area contributed by atoms with Crippen LogP contribution < -0.4 is 10.0 Å². The molecule has 0 spiro atoms. The van der Waals surface area contributed by atoms with Gasteiger partial charge in [0.2, 0.25) is 10.0 Å². The first-order chi connectivity index (χ1) is 13.0. The lowest BCUT2D eigenvalue weighted by Gasteiger charge is -2.22. The van der Waals surface area contributed by atoms with Gasteiger partial charge in [0.05, 0.1) is 4.90 Å². The minimum atomic E-state index is -3.59. The minimum Gasteiger partial charge on any atom is -0.352 e. The van der Waals surface area contributed by atoms with E-state index in [2.05, 4.69) is 16.1 Å². The van der Waals surface area contributed by atoms with E-state index in [-0.39, 0.29) is 16.8 Å². The summed E-state index contributed by atoms with van der Waals surface area (Å²) >= 11 is 0. The van der Waals surface area contributed by atoms with Crippen molar-refractivity contribution in [3.63, 3.8) is 0 Å². The van der Waals surface area contributed by atoms with Crippen molar-refractivity contribution in [1.82, 2.24) is 10.0 Å². The van der Waals surface area contributed by atoms with Crippen LogP contribution in [0.3, 0.4) is 0 Å². The molecule has 0 heterocycles. The number of nitrogens with one attached hydrogen (secondary N) is 2. The molecule has 2 aliphatic rings. The Bertz CT molecular complexity index is 780. The van der Waals surface area contributed by atoms with E-state index in [4.69, 9.17) is 0 Å². The van der Waals surface area contributed by atoms with Gasteiger partial charge in [-0.15, -0.1) is 0 Å². The number of amides is 1. The maximum absolute atomic E-state index is 12.6. The van der Waals surface area contributed by atoms with Crippen LogP contribution in [0.15, 0.2) is 40.8 Å². The zero-order valence-corrected chi connectivity index (χ0v) is 16.7. The van der Waals surface area contributed by atoms with E-state index < -0.39 is 10.0 Å². The first kappa shape index (κ1) is 20.1. The molecule has 0 bridgehead atoms. The lowest BCUT2D eigenvalue weighted by molar-refractivity contribution is 0.0954. The van der Waals surface area contributed by atoms with Gasteiger partial charge < -0.3 is 5.32 Å². The third-order valence-corrected chi connectivity index (χ3v) is 6.97. The van der Waals surface area contributed by atoms with E-state index in [0.29, 0.717) is 12.1 Å². The molecule has 0 aliphatic heterocycles. The zero-order valence-electron chi connectivity index (χ0n) is 15.9. The number of carbonyl (C=O) groups is 1. The maximum atomic E-state index is 12.6. The molecule has 1 fully saturated rings. The first-order valence-corrected chi connectivity index (χ1v) is 11.6. The van der Waals surface area contributed by atoms with Crippen molar-refractivity contribution in [3.8, 4) is 0 Å². The Labute approximate surface area is 162 Å². The summed E-state index contributed by atoms with van der Waals surface area (Å²) in [7, 11) is -3.59. The molecule has 0 unspecified atom stereocenters. The summed E-state index contributed by atoms with van der Waals surface area (Å²) in [5, 5.41) is 2.91. The molecule has 2 N–H and O–H groups in total. The standard InChI is InChI=1S/C21H30N2O3S/c24-21(22-15-14-17-8-3-1-4-9-17)18-10-7-13-20(16-18)27(25,26)23-19-11-5-2-6-12-19/h7-8,10,13,16,19,23H,1-6,9,11-12,14-15H2,(H,22,24). The lowest BCUT2D eigenvalue weighted by Crippen LogP contribution is -2.36. The number of benzene rings is 1. The summed E-state index contributed by atoms with van der Waals surface area (Å²) < 4.78 is 28.1. The average molecular weight is 391 g/mol. The van der Waals surface area contributed by atoms with Crippen molar-refractivity contribution in [2.45, 2.75) is 75.1 Å². The molecular formula is C21H30N2O3S. The molecule has 1 aromatic carbocycles. The highest BCUT2D eigenvalue weighted by Crippen LogP contribution is 2.21. The van der Waals surface area contributed by atoms with Gasteiger partial charge in [0.15, 0.2) is 0 Å². The van der Waals surface area contributed by atoms with Crippen molar-refractivity contribution in [3.05, 3.63) is 41.5 Å². The Morgan fingerprint density at radius 2 is 1.89 bits per heavy atom. The number of hydrogen-bond donors (Lipinski definition) is 2. The van der Waals surface area contributed by atoms with Crippen molar-refractivity contribution < 1.29 is 13.2 Å². The molecule has 0 radical (unpaired) electrons. The van der Waals surface area contributed by atoms with Gasteiger partial charge in [0.1, 0.15) is 0 Å². The second-order valence-electron chi connectivity index (χ2n) is 7.60. The van der Waals surface area contributed by atoms with E-state index in [9.17, 15) is 13.2 Å². The van der Waals surface area contributed by atoms with E-state index in [1.54, 1.807) is 18.2 Å². The molecule has 3 rings (SSSR count). The van der Waals surface area contributed by atoms with E-state index in [0.717, 1.165) is 44.9 Å². The van der Waals surface area contributed by atoms with Crippen molar-refractivity contribution in [1.29, 1.82) is 0 Å². The summed E-state index contributed by atoms with van der Waals surface area (Å²) in [6.07, 6.45) is 13.0. The summed E-state index contributed by atoms with van der Waals surface area (Å²) in [5.41, 5.74) is 1.80. The summed E-state index contributed by atoms with van der Waals surface area (Å²) in [4.78, 5) is 12.6. The van der Waals surface area contributed by atoms with Crippen LogP contribution in [0, 0.1) is 0 Å². The zero-order chi connectivity index (χ0) is 19.1. The number of sulfonamides is 1. The second-order valence-corrected chi connectivity index (χ2v) is 9.31. The summed E-state index contributed by atoms with van der Waals surface area (Å²) in [6, 6.07) is 6.32. The first-order valence-electron chi connectivity index (χ1n) is 10.1. The Morgan fingerprint density at radius 3 is 2.63 bits per heavy atom. The molecular weight excluding hydrogens is 360 g/mol. The van der Waals surface area contributed by atoms with Crippen LogP contribution in [-0.4, -0.2) is 26.9 Å². The molecule has 6 heteroatoms. The fraction of sp³-hybridized carbons (Fsp3) is 0.571. The summed E-state index contributed by atoms with van der Waals surface area (Å²) in [5.74, 6) is -0.221. The highest BCUT2D eigenvalue weighted by atomic mass is 32.2. The van der Waals surface area contributed by atoms with Crippen molar-refractivity contribution >= 4 is 15.9 Å². The van der Waals surface area contributed by atoms with Crippen LogP contribution in [0.4, 0.5) is 0 Å². The molecule has 0 aromatic heterocycles. The molecule has 2 aliphatic carbocycles. The SMILES string of the molecule is O=C(NCCC1=CCCCC1)c1cccc(S(=O)(=O)NC2CCCCC2)c1. The predicted molar refractivity (Wildman–Crippen MR) is 107 cm³/mol. The number of hydrogen-bond acceptors (Lipinski definition) is 3. The van der Waals surface area contributed by atoms with Gasteiger partial charge in [0.25, 0.3) is 5.91 Å². The number of allylic oxidation sites excluding steroid dienone is 1. The van der Waals surface area contributed by atoms with E-state index in [1.165, 1.54) is 30.9 Å². The third-order valence-electron chi connectivity index (χ3n) is 5.45. The molecule has 27 heavy (non-hydrogen) atoms. The van der Waals surface area contributed by atoms with Crippen molar-refractivity contribution in [2.75, 3.05) is 6.54 Å². The van der Waals surface area contributed by atoms with Gasteiger partial charge in [-0.2, -0.15) is 0 Å². The van der Waals surface area contributed by atoms with E-state index >= 15 is 0 Å². The molecule has 1 aromatic rings. The quantitative estimate of drug-likeness (QED) is 0.693. The highest BCUT2D eigenvalue weighted by molar-refractivity contribution is 7.89. The number of carbonyl (C=O) groups excluding carboxylic acids is 1.